The zero-order chi connectivity index (χ0) is 7.73. The molecule has 2 heteroatoms. The van der Waals surface area contributed by atoms with E-state index < -0.39 is 0 Å². The summed E-state index contributed by atoms with van der Waals surface area (Å²) < 4.78 is 5.77. The number of rotatable bonds is 0. The van der Waals surface area contributed by atoms with Gasteiger partial charge in [0.05, 0.1) is 5.60 Å². The van der Waals surface area contributed by atoms with Gasteiger partial charge in [-0.15, -0.1) is 0 Å². The predicted molar refractivity (Wildman–Crippen MR) is 44.4 cm³/mol. The number of hydrogen-bond donors (Lipinski definition) is 1. The molecule has 0 aromatic rings. The lowest BCUT2D eigenvalue weighted by atomic mass is 9.80. The van der Waals surface area contributed by atoms with E-state index in [1.54, 1.807) is 0 Å². The molecule has 0 aromatic carbocycles. The van der Waals surface area contributed by atoms with Gasteiger partial charge in [0.25, 0.3) is 0 Å². The Morgan fingerprint density at radius 1 is 1.27 bits per heavy atom. The van der Waals surface area contributed by atoms with Gasteiger partial charge in [-0.1, -0.05) is 0 Å². The summed E-state index contributed by atoms with van der Waals surface area (Å²) in [4.78, 5) is 0. The predicted octanol–water partition coefficient (Wildman–Crippen LogP) is 1.44. The maximum absolute atomic E-state index is 5.91. The Morgan fingerprint density at radius 2 is 2.09 bits per heavy atom. The van der Waals surface area contributed by atoms with E-state index >= 15 is 0 Å². The third-order valence-electron chi connectivity index (χ3n) is 3.03. The summed E-state index contributed by atoms with van der Waals surface area (Å²) in [6, 6.07) is 0.404. The Balaban J connectivity index is 2.00. The standard InChI is InChI=1S/C9H17NO/c10-8-3-1-4-9(7-8)5-2-6-11-9/h8H,1-7,10H2. The minimum absolute atomic E-state index is 0.220. The SMILES string of the molecule is NC1CCCC2(CCCO2)C1. The summed E-state index contributed by atoms with van der Waals surface area (Å²) in [7, 11) is 0. The van der Waals surface area contributed by atoms with Crippen LogP contribution in [0.5, 0.6) is 0 Å². The van der Waals surface area contributed by atoms with Crippen LogP contribution in [-0.4, -0.2) is 18.2 Å². The number of hydrogen-bond acceptors (Lipinski definition) is 2. The molecule has 0 radical (unpaired) electrons. The third-order valence-corrected chi connectivity index (χ3v) is 3.03. The average molecular weight is 155 g/mol. The molecule has 1 heterocycles. The van der Waals surface area contributed by atoms with E-state index in [1.165, 1.54) is 32.1 Å². The van der Waals surface area contributed by atoms with Gasteiger partial charge in [0.15, 0.2) is 0 Å². The van der Waals surface area contributed by atoms with Crippen molar-refractivity contribution in [2.45, 2.75) is 50.2 Å². The summed E-state index contributed by atoms with van der Waals surface area (Å²) in [6.07, 6.45) is 7.31. The van der Waals surface area contributed by atoms with Crippen LogP contribution >= 0.6 is 0 Å². The highest BCUT2D eigenvalue weighted by molar-refractivity contribution is 4.92. The monoisotopic (exact) mass is 155 g/mol. The van der Waals surface area contributed by atoms with Crippen molar-refractivity contribution in [3.8, 4) is 0 Å². The Labute approximate surface area is 68.1 Å². The van der Waals surface area contributed by atoms with Gasteiger partial charge in [-0.3, -0.25) is 0 Å². The molecule has 2 aliphatic rings. The molecule has 1 aliphatic heterocycles. The normalized spacial score (nSPS) is 45.0. The Kier molecular flexibility index (Phi) is 1.90. The van der Waals surface area contributed by atoms with Gasteiger partial charge in [-0.25, -0.2) is 0 Å². The van der Waals surface area contributed by atoms with Gasteiger partial charge >= 0.3 is 0 Å². The molecule has 1 aliphatic carbocycles. The van der Waals surface area contributed by atoms with Crippen molar-refractivity contribution in [2.75, 3.05) is 6.61 Å². The van der Waals surface area contributed by atoms with Crippen molar-refractivity contribution in [3.63, 3.8) is 0 Å². The molecule has 1 saturated carbocycles. The molecule has 64 valence electrons. The van der Waals surface area contributed by atoms with Crippen LogP contribution in [0.25, 0.3) is 0 Å². The molecular formula is C9H17NO. The van der Waals surface area contributed by atoms with Gasteiger partial charge in [-0.05, 0) is 38.5 Å². The third kappa shape index (κ3) is 1.42. The molecule has 1 saturated heterocycles. The quantitative estimate of drug-likeness (QED) is 0.574. The van der Waals surface area contributed by atoms with Gasteiger partial charge in [-0.2, -0.15) is 0 Å². The van der Waals surface area contributed by atoms with Crippen LogP contribution in [0.2, 0.25) is 0 Å². The first-order valence-corrected chi connectivity index (χ1v) is 4.70. The Morgan fingerprint density at radius 3 is 2.73 bits per heavy atom. The second-order valence-electron chi connectivity index (χ2n) is 3.99. The minimum atomic E-state index is 0.220. The summed E-state index contributed by atoms with van der Waals surface area (Å²) in [5.74, 6) is 0. The van der Waals surface area contributed by atoms with Crippen molar-refractivity contribution >= 4 is 0 Å². The maximum Gasteiger partial charge on any atom is 0.0698 e. The highest BCUT2D eigenvalue weighted by Gasteiger charge is 2.38. The second-order valence-corrected chi connectivity index (χ2v) is 3.99. The van der Waals surface area contributed by atoms with E-state index in [1.807, 2.05) is 0 Å². The van der Waals surface area contributed by atoms with Gasteiger partial charge in [0, 0.05) is 12.6 Å². The van der Waals surface area contributed by atoms with Gasteiger partial charge < -0.3 is 10.5 Å². The van der Waals surface area contributed by atoms with Gasteiger partial charge in [0.2, 0.25) is 0 Å². The first-order chi connectivity index (χ1) is 5.31. The summed E-state index contributed by atoms with van der Waals surface area (Å²) in [5, 5.41) is 0. The molecule has 1 spiro atoms. The zero-order valence-electron chi connectivity index (χ0n) is 7.01. The van der Waals surface area contributed by atoms with Crippen molar-refractivity contribution < 1.29 is 4.74 Å². The second kappa shape index (κ2) is 2.76. The zero-order valence-corrected chi connectivity index (χ0v) is 7.01. The van der Waals surface area contributed by atoms with Crippen LogP contribution in [0, 0.1) is 0 Å². The van der Waals surface area contributed by atoms with Crippen molar-refractivity contribution in [2.24, 2.45) is 5.73 Å². The lowest BCUT2D eigenvalue weighted by molar-refractivity contribution is -0.0293. The Hall–Kier alpha value is -0.0800. The topological polar surface area (TPSA) is 35.2 Å². The van der Waals surface area contributed by atoms with E-state index in [4.69, 9.17) is 10.5 Å². The summed E-state index contributed by atoms with van der Waals surface area (Å²) in [5.41, 5.74) is 6.13. The molecule has 2 atom stereocenters. The van der Waals surface area contributed by atoms with E-state index in [2.05, 4.69) is 0 Å². The average Bonchev–Trinajstić information content (AvgIpc) is 2.37. The first-order valence-electron chi connectivity index (χ1n) is 4.70. The molecule has 2 rings (SSSR count). The van der Waals surface area contributed by atoms with Crippen molar-refractivity contribution in [1.82, 2.24) is 0 Å². The highest BCUT2D eigenvalue weighted by Crippen LogP contribution is 2.38. The van der Waals surface area contributed by atoms with Crippen LogP contribution in [0.4, 0.5) is 0 Å². The van der Waals surface area contributed by atoms with Crippen LogP contribution in [0.15, 0.2) is 0 Å². The first kappa shape index (κ1) is 7.56. The molecule has 0 aromatic heterocycles. The largest absolute Gasteiger partial charge is 0.375 e. The molecule has 2 nitrogen and oxygen atoms in total. The van der Waals surface area contributed by atoms with Crippen LogP contribution in [0.3, 0.4) is 0 Å². The fraction of sp³-hybridized carbons (Fsp3) is 1.00. The fourth-order valence-corrected chi connectivity index (χ4v) is 2.48. The van der Waals surface area contributed by atoms with Crippen LogP contribution < -0.4 is 5.73 Å². The van der Waals surface area contributed by atoms with Crippen molar-refractivity contribution in [3.05, 3.63) is 0 Å². The highest BCUT2D eigenvalue weighted by atomic mass is 16.5. The number of ether oxygens (including phenoxy) is 1. The molecule has 2 fully saturated rings. The van der Waals surface area contributed by atoms with Crippen molar-refractivity contribution in [1.29, 1.82) is 0 Å². The van der Waals surface area contributed by atoms with Crippen LogP contribution in [0.1, 0.15) is 38.5 Å². The van der Waals surface area contributed by atoms with Crippen LogP contribution in [-0.2, 0) is 4.74 Å². The summed E-state index contributed by atoms with van der Waals surface area (Å²) >= 11 is 0. The smallest absolute Gasteiger partial charge is 0.0698 e. The fourth-order valence-electron chi connectivity index (χ4n) is 2.48. The van der Waals surface area contributed by atoms with E-state index in [9.17, 15) is 0 Å². The van der Waals surface area contributed by atoms with E-state index in [0.717, 1.165) is 13.0 Å². The molecular weight excluding hydrogens is 138 g/mol. The maximum atomic E-state index is 5.91. The lowest BCUT2D eigenvalue weighted by Crippen LogP contribution is -2.40. The number of nitrogens with two attached hydrogens (primary N) is 1. The molecule has 0 bridgehead atoms. The molecule has 2 unspecified atom stereocenters. The van der Waals surface area contributed by atoms with E-state index in [0.29, 0.717) is 6.04 Å². The minimum Gasteiger partial charge on any atom is -0.375 e. The summed E-state index contributed by atoms with van der Waals surface area (Å²) in [6.45, 7) is 0.965. The van der Waals surface area contributed by atoms with E-state index in [-0.39, 0.29) is 5.60 Å². The lowest BCUT2D eigenvalue weighted by Gasteiger charge is -2.35. The van der Waals surface area contributed by atoms with Gasteiger partial charge in [0.1, 0.15) is 0 Å². The Bertz CT molecular complexity index is 140. The molecule has 11 heavy (non-hydrogen) atoms. The molecule has 2 N–H and O–H groups in total. The molecule has 0 amide bonds.